The van der Waals surface area contributed by atoms with Gasteiger partial charge in [-0.25, -0.2) is 75.0 Å². The van der Waals surface area contributed by atoms with Crippen LogP contribution in [0.5, 0.6) is 0 Å². The first kappa shape index (κ1) is 37.3. The average molecular weight is 694 g/mol. The van der Waals surface area contributed by atoms with Crippen LogP contribution in [0.3, 0.4) is 0 Å². The maximum absolute atomic E-state index is 14.4. The Labute approximate surface area is 257 Å². The maximum Gasteiger partial charge on any atom is 0.244 e. The average Bonchev–Trinajstić information content (AvgIpc) is 3.52. The van der Waals surface area contributed by atoms with Gasteiger partial charge in [0.1, 0.15) is 58.4 Å². The largest absolute Gasteiger partial charge is 0.244 e. The lowest BCUT2D eigenvalue weighted by atomic mass is 9.36. The molecule has 4 rings (SSSR count). The zero-order valence-electron chi connectivity index (χ0n) is 25.0. The van der Waals surface area contributed by atoms with Crippen LogP contribution in [-0.2, 0) is 11.1 Å². The van der Waals surface area contributed by atoms with Gasteiger partial charge in [-0.15, -0.1) is 16.4 Å². The van der Waals surface area contributed by atoms with Crippen molar-refractivity contribution in [1.29, 1.82) is 0 Å². The van der Waals surface area contributed by atoms with E-state index < -0.39 is 110 Å². The van der Waals surface area contributed by atoms with E-state index in [2.05, 4.69) is 69.4 Å². The van der Waals surface area contributed by atoms with Gasteiger partial charge in [0.25, 0.3) is 0 Å². The SMILES string of the molecule is CC(C)(C)n1cc[n+](C(C)(C)C)c1.Fc1c(F)c(F)c([BH-](c2c(F)c(F)c(F)c(F)c2F)c2c(F)c(F)c(F)c(F)c2F)c(F)c1F. The first-order valence-electron chi connectivity index (χ1n) is 13.2. The Bertz CT molecular complexity index is 1590. The molecule has 0 N–H and O–H groups in total. The van der Waals surface area contributed by atoms with Crippen LogP contribution in [0.15, 0.2) is 18.7 Å². The summed E-state index contributed by atoms with van der Waals surface area (Å²) in [5, 5.41) is 0. The summed E-state index contributed by atoms with van der Waals surface area (Å²) >= 11 is 0. The highest BCUT2D eigenvalue weighted by Gasteiger charge is 2.37. The number of imidazole rings is 1. The summed E-state index contributed by atoms with van der Waals surface area (Å²) in [5.41, 5.74) is -7.43. The standard InChI is InChI=1S/C18HBF15.C11H21N2/c20-4-1(5(21)11(27)16(32)10(4)26)19(2-6(22)12(28)17(33)13(29)7(2)23)3-8(24)14(30)18(34)15(31)9(3)25;1-10(2,3)12-7-8-13(9-12)11(4,5)6/h19H;7-9H,1-6H3/q-1;+1. The van der Waals surface area contributed by atoms with Crippen LogP contribution in [0.25, 0.3) is 0 Å². The molecule has 0 radical (unpaired) electrons. The summed E-state index contributed by atoms with van der Waals surface area (Å²) < 4.78 is 213. The van der Waals surface area contributed by atoms with Gasteiger partial charge in [-0.2, -0.15) is 0 Å². The van der Waals surface area contributed by atoms with Gasteiger partial charge in [0.15, 0.2) is 52.4 Å². The Kier molecular flexibility index (Phi) is 10.2. The van der Waals surface area contributed by atoms with Gasteiger partial charge < -0.3 is 0 Å². The minimum absolute atomic E-state index is 0.177. The van der Waals surface area contributed by atoms with Gasteiger partial charge in [-0.05, 0) is 41.5 Å². The van der Waals surface area contributed by atoms with Crippen LogP contribution < -0.4 is 21.0 Å². The molecule has 3 aromatic carbocycles. The third-order valence-electron chi connectivity index (χ3n) is 7.15. The fourth-order valence-electron chi connectivity index (χ4n) is 4.56. The molecule has 0 saturated carbocycles. The van der Waals surface area contributed by atoms with E-state index in [1.807, 2.05) is 0 Å². The molecule has 0 spiro atoms. The molecule has 0 saturated heterocycles. The fraction of sp³-hybridized carbons (Fsp3) is 0.276. The van der Waals surface area contributed by atoms with Crippen molar-refractivity contribution in [2.45, 2.75) is 52.6 Å². The molecule has 4 aromatic rings. The van der Waals surface area contributed by atoms with Crippen LogP contribution in [0.1, 0.15) is 41.5 Å². The van der Waals surface area contributed by atoms with Crippen molar-refractivity contribution in [3.63, 3.8) is 0 Å². The van der Waals surface area contributed by atoms with E-state index in [0.29, 0.717) is 0 Å². The van der Waals surface area contributed by atoms with Gasteiger partial charge in [0, 0.05) is 0 Å². The molecule has 0 aliphatic carbocycles. The molecule has 1 aromatic heterocycles. The highest BCUT2D eigenvalue weighted by atomic mass is 19.2. The number of rotatable bonds is 3. The Morgan fingerprint density at radius 1 is 0.426 bits per heavy atom. The van der Waals surface area contributed by atoms with E-state index in [4.69, 9.17) is 0 Å². The lowest BCUT2D eigenvalue weighted by molar-refractivity contribution is -0.753. The second-order valence-corrected chi connectivity index (χ2v) is 12.2. The molecule has 0 aliphatic heterocycles. The molecule has 256 valence electrons. The summed E-state index contributed by atoms with van der Waals surface area (Å²) in [6.45, 7) is 8.09. The highest BCUT2D eigenvalue weighted by molar-refractivity contribution is 6.95. The Hall–Kier alpha value is -4.12. The summed E-state index contributed by atoms with van der Waals surface area (Å²) in [7, 11) is 0. The molecule has 47 heavy (non-hydrogen) atoms. The number of halogens is 15. The molecular weight excluding hydrogens is 672 g/mol. The predicted octanol–water partition coefficient (Wildman–Crippen LogP) is 6.31. The monoisotopic (exact) mass is 694 g/mol. The van der Waals surface area contributed by atoms with Crippen LogP contribution in [0.4, 0.5) is 65.9 Å². The van der Waals surface area contributed by atoms with Crippen molar-refractivity contribution in [3.05, 3.63) is 106 Å². The van der Waals surface area contributed by atoms with E-state index in [0.717, 1.165) is 0 Å². The molecule has 0 aliphatic rings. The summed E-state index contributed by atoms with van der Waals surface area (Å²) in [6.07, 6.45) is 6.43. The van der Waals surface area contributed by atoms with E-state index in [-0.39, 0.29) is 11.1 Å². The molecule has 1 heterocycles. The maximum atomic E-state index is 14.4. The topological polar surface area (TPSA) is 8.81 Å². The van der Waals surface area contributed by atoms with Crippen LogP contribution in [0.2, 0.25) is 0 Å². The second-order valence-electron chi connectivity index (χ2n) is 12.2. The highest BCUT2D eigenvalue weighted by Crippen LogP contribution is 2.23. The normalized spacial score (nSPS) is 12.1. The first-order valence-corrected chi connectivity index (χ1v) is 13.2. The van der Waals surface area contributed by atoms with Gasteiger partial charge in [0.2, 0.25) is 6.33 Å². The van der Waals surface area contributed by atoms with Gasteiger partial charge in [0.05, 0.1) is 6.71 Å². The number of hydrogen-bond donors (Lipinski definition) is 0. The fourth-order valence-corrected chi connectivity index (χ4v) is 4.56. The Morgan fingerprint density at radius 3 is 0.830 bits per heavy atom. The molecule has 0 unspecified atom stereocenters. The number of aromatic nitrogens is 2. The Balaban J connectivity index is 0.000000386. The van der Waals surface area contributed by atoms with E-state index >= 15 is 0 Å². The van der Waals surface area contributed by atoms with Crippen molar-refractivity contribution < 1.29 is 70.4 Å². The van der Waals surface area contributed by atoms with Crippen molar-refractivity contribution in [3.8, 4) is 0 Å². The van der Waals surface area contributed by atoms with E-state index in [1.165, 1.54) is 0 Å². The minimum atomic E-state index is -5.16. The molecule has 2 nitrogen and oxygen atoms in total. The van der Waals surface area contributed by atoms with E-state index in [1.54, 1.807) is 0 Å². The molecular formula is C29H22BF15N2. The zero-order valence-corrected chi connectivity index (χ0v) is 25.0. The lowest BCUT2D eigenvalue weighted by Gasteiger charge is -2.30. The minimum Gasteiger partial charge on any atom is -0.232 e. The van der Waals surface area contributed by atoms with Crippen LogP contribution in [-0.4, -0.2) is 11.3 Å². The smallest absolute Gasteiger partial charge is 0.232 e. The third-order valence-corrected chi connectivity index (χ3v) is 7.15. The molecule has 18 heteroatoms. The number of benzene rings is 3. The molecule has 0 atom stereocenters. The zero-order chi connectivity index (χ0) is 36.2. The van der Waals surface area contributed by atoms with Crippen molar-refractivity contribution >= 4 is 23.1 Å². The molecule has 0 bridgehead atoms. The van der Waals surface area contributed by atoms with Crippen LogP contribution in [0, 0.1) is 87.3 Å². The predicted molar refractivity (Wildman–Crippen MR) is 139 cm³/mol. The molecule has 0 amide bonds. The van der Waals surface area contributed by atoms with Gasteiger partial charge in [-0.1, -0.05) is 0 Å². The van der Waals surface area contributed by atoms with Gasteiger partial charge in [-0.3, -0.25) is 0 Å². The van der Waals surface area contributed by atoms with Gasteiger partial charge >= 0.3 is 0 Å². The summed E-state index contributed by atoms with van der Waals surface area (Å²) in [5.74, 6) is -44.8. The number of hydrogen-bond acceptors (Lipinski definition) is 0. The third kappa shape index (κ3) is 6.55. The number of nitrogens with zero attached hydrogens (tertiary/aromatic N) is 2. The van der Waals surface area contributed by atoms with Crippen LogP contribution >= 0.6 is 0 Å². The summed E-state index contributed by atoms with van der Waals surface area (Å²) in [4.78, 5) is 0. The van der Waals surface area contributed by atoms with Crippen molar-refractivity contribution in [1.82, 2.24) is 4.57 Å². The van der Waals surface area contributed by atoms with Crippen molar-refractivity contribution in [2.75, 3.05) is 0 Å². The quantitative estimate of drug-likeness (QED) is 0.0783. The van der Waals surface area contributed by atoms with E-state index in [9.17, 15) is 65.9 Å². The molecule has 0 fully saturated rings. The van der Waals surface area contributed by atoms with Crippen molar-refractivity contribution in [2.24, 2.45) is 0 Å². The lowest BCUT2D eigenvalue weighted by Crippen LogP contribution is -2.60. The summed E-state index contributed by atoms with van der Waals surface area (Å²) in [6, 6.07) is 0. The first-order chi connectivity index (χ1) is 21.4. The second kappa shape index (κ2) is 12.8. The Morgan fingerprint density at radius 2 is 0.660 bits per heavy atom.